The first kappa shape index (κ1) is 21.6. The normalized spacial score (nSPS) is 16.1. The van der Waals surface area contributed by atoms with Crippen LogP contribution in [0.5, 0.6) is 5.75 Å². The van der Waals surface area contributed by atoms with Gasteiger partial charge in [-0.05, 0) is 25.0 Å². The van der Waals surface area contributed by atoms with E-state index < -0.39 is 0 Å². The Morgan fingerprint density at radius 2 is 2.13 bits per heavy atom. The van der Waals surface area contributed by atoms with Gasteiger partial charge < -0.3 is 20.5 Å². The van der Waals surface area contributed by atoms with Crippen LogP contribution in [-0.2, 0) is 14.9 Å². The number of ether oxygens (including phenoxy) is 2. The van der Waals surface area contributed by atoms with Crippen LogP contribution in [0.15, 0.2) is 30.3 Å². The molecular weight excluding hydrogens is 380 g/mol. The van der Waals surface area contributed by atoms with Gasteiger partial charge in [0.05, 0.1) is 6.10 Å². The molecule has 3 N–H and O–H groups in total. The molecule has 7 heteroatoms. The lowest BCUT2D eigenvalue weighted by molar-refractivity contribution is -0.123. The molecule has 1 aliphatic rings. The summed E-state index contributed by atoms with van der Waals surface area (Å²) in [4.78, 5) is 16.6. The average Bonchev–Trinajstić information content (AvgIpc) is 3.23. The first-order chi connectivity index (χ1) is 14.3. The third-order valence-electron chi connectivity index (χ3n) is 5.01. The van der Waals surface area contributed by atoms with Gasteiger partial charge in [0, 0.05) is 35.4 Å². The van der Waals surface area contributed by atoms with E-state index in [2.05, 4.69) is 16.4 Å². The highest BCUT2D eigenvalue weighted by Gasteiger charge is 2.22. The van der Waals surface area contributed by atoms with Crippen molar-refractivity contribution in [3.8, 4) is 22.9 Å². The number of carbonyl (C=O) groups is 1. The van der Waals surface area contributed by atoms with Gasteiger partial charge in [-0.3, -0.25) is 4.79 Å². The van der Waals surface area contributed by atoms with Crippen molar-refractivity contribution in [1.82, 2.24) is 10.3 Å². The average molecular weight is 409 g/mol. The van der Waals surface area contributed by atoms with Crippen molar-refractivity contribution in [3.63, 3.8) is 0 Å². The standard InChI is InChI=1S/C23H28N4O3/c1-23(2,3)20-11-17(18(12-24)22(25)27-20)16-8-4-5-9-19(16)30-14-21(28)26-13-15-7-6-10-29-15/h4-5,8-9,11,15H,6-7,10,13-14H2,1-3H3,(H2,25,27)(H,26,28). The summed E-state index contributed by atoms with van der Waals surface area (Å²) >= 11 is 0. The number of nitriles is 1. The summed E-state index contributed by atoms with van der Waals surface area (Å²) in [5.74, 6) is 0.473. The SMILES string of the molecule is CC(C)(C)c1cc(-c2ccccc2OCC(=O)NCC2CCCO2)c(C#N)c(N)n1. The van der Waals surface area contributed by atoms with E-state index in [1.54, 1.807) is 6.07 Å². The van der Waals surface area contributed by atoms with Gasteiger partial charge in [-0.25, -0.2) is 4.98 Å². The smallest absolute Gasteiger partial charge is 0.258 e. The summed E-state index contributed by atoms with van der Waals surface area (Å²) < 4.78 is 11.3. The Kier molecular flexibility index (Phi) is 6.58. The van der Waals surface area contributed by atoms with Gasteiger partial charge in [0.25, 0.3) is 5.91 Å². The van der Waals surface area contributed by atoms with Crippen molar-refractivity contribution in [3.05, 3.63) is 41.6 Å². The van der Waals surface area contributed by atoms with Gasteiger partial charge in [-0.1, -0.05) is 39.0 Å². The molecule has 1 amide bonds. The fourth-order valence-corrected chi connectivity index (χ4v) is 3.32. The van der Waals surface area contributed by atoms with Crippen LogP contribution >= 0.6 is 0 Å². The Bertz CT molecular complexity index is 954. The van der Waals surface area contributed by atoms with Gasteiger partial charge in [-0.15, -0.1) is 0 Å². The number of rotatable bonds is 6. The van der Waals surface area contributed by atoms with E-state index in [9.17, 15) is 10.1 Å². The van der Waals surface area contributed by atoms with Crippen LogP contribution in [0.4, 0.5) is 5.82 Å². The Balaban J connectivity index is 1.82. The molecule has 1 aliphatic heterocycles. The predicted octanol–water partition coefficient (Wildman–Crippen LogP) is 3.17. The van der Waals surface area contributed by atoms with Gasteiger partial charge >= 0.3 is 0 Å². The second-order valence-corrected chi connectivity index (χ2v) is 8.40. The minimum Gasteiger partial charge on any atom is -0.483 e. The number of anilines is 1. The molecule has 0 spiro atoms. The summed E-state index contributed by atoms with van der Waals surface area (Å²) in [7, 11) is 0. The summed E-state index contributed by atoms with van der Waals surface area (Å²) in [6.07, 6.45) is 2.06. The number of amides is 1. The molecule has 30 heavy (non-hydrogen) atoms. The molecule has 0 saturated carbocycles. The van der Waals surface area contributed by atoms with Gasteiger partial charge in [0.1, 0.15) is 23.2 Å². The van der Waals surface area contributed by atoms with Crippen LogP contribution in [0.1, 0.15) is 44.9 Å². The van der Waals surface area contributed by atoms with Crippen molar-refractivity contribution >= 4 is 11.7 Å². The van der Waals surface area contributed by atoms with E-state index >= 15 is 0 Å². The largest absolute Gasteiger partial charge is 0.483 e. The fourth-order valence-electron chi connectivity index (χ4n) is 3.32. The molecule has 3 rings (SSSR count). The van der Waals surface area contributed by atoms with Gasteiger partial charge in [-0.2, -0.15) is 5.26 Å². The molecule has 0 radical (unpaired) electrons. The summed E-state index contributed by atoms with van der Waals surface area (Å²) in [6.45, 7) is 7.20. The molecule has 1 saturated heterocycles. The number of nitrogens with zero attached hydrogens (tertiary/aromatic N) is 2. The molecule has 2 heterocycles. The summed E-state index contributed by atoms with van der Waals surface area (Å²) in [5, 5.41) is 12.5. The van der Waals surface area contributed by atoms with E-state index in [1.165, 1.54) is 0 Å². The number of nitrogens with two attached hydrogens (primary N) is 1. The molecule has 1 atom stereocenters. The Morgan fingerprint density at radius 1 is 1.37 bits per heavy atom. The molecule has 158 valence electrons. The Hall–Kier alpha value is -3.11. The number of para-hydroxylation sites is 1. The number of pyridine rings is 1. The van der Waals surface area contributed by atoms with E-state index in [1.807, 2.05) is 45.0 Å². The molecule has 1 unspecified atom stereocenters. The minimum atomic E-state index is -0.241. The number of nitrogen functional groups attached to an aromatic ring is 1. The number of aromatic nitrogens is 1. The maximum absolute atomic E-state index is 12.2. The lowest BCUT2D eigenvalue weighted by atomic mass is 9.88. The number of hydrogen-bond acceptors (Lipinski definition) is 6. The Morgan fingerprint density at radius 3 is 2.80 bits per heavy atom. The third-order valence-corrected chi connectivity index (χ3v) is 5.01. The molecule has 1 aromatic carbocycles. The predicted molar refractivity (Wildman–Crippen MR) is 115 cm³/mol. The zero-order chi connectivity index (χ0) is 21.7. The van der Waals surface area contributed by atoms with Crippen LogP contribution in [0.2, 0.25) is 0 Å². The lowest BCUT2D eigenvalue weighted by Crippen LogP contribution is -2.35. The van der Waals surface area contributed by atoms with Crippen LogP contribution in [0.25, 0.3) is 11.1 Å². The van der Waals surface area contributed by atoms with E-state index in [0.717, 1.165) is 25.1 Å². The molecule has 0 bridgehead atoms. The topological polar surface area (TPSA) is 110 Å². The van der Waals surface area contributed by atoms with Crippen LogP contribution < -0.4 is 15.8 Å². The van der Waals surface area contributed by atoms with Crippen LogP contribution in [0, 0.1) is 11.3 Å². The molecule has 2 aromatic rings. The van der Waals surface area contributed by atoms with Gasteiger partial charge in [0.2, 0.25) is 0 Å². The minimum absolute atomic E-state index is 0.0787. The van der Waals surface area contributed by atoms with E-state index in [0.29, 0.717) is 29.0 Å². The van der Waals surface area contributed by atoms with Crippen molar-refractivity contribution in [2.45, 2.75) is 45.1 Å². The number of carbonyl (C=O) groups excluding carboxylic acids is 1. The summed E-state index contributed by atoms with van der Waals surface area (Å²) in [5.41, 5.74) is 8.25. The zero-order valence-electron chi connectivity index (χ0n) is 17.7. The van der Waals surface area contributed by atoms with Crippen molar-refractivity contribution in [1.29, 1.82) is 5.26 Å². The second kappa shape index (κ2) is 9.14. The molecule has 7 nitrogen and oxygen atoms in total. The highest BCUT2D eigenvalue weighted by atomic mass is 16.5. The van der Waals surface area contributed by atoms with Crippen molar-refractivity contribution in [2.24, 2.45) is 0 Å². The van der Waals surface area contributed by atoms with E-state index in [-0.39, 0.29) is 29.9 Å². The van der Waals surface area contributed by atoms with Gasteiger partial charge in [0.15, 0.2) is 6.61 Å². The zero-order valence-corrected chi connectivity index (χ0v) is 17.7. The number of nitrogens with one attached hydrogen (secondary N) is 1. The monoisotopic (exact) mass is 408 g/mol. The van der Waals surface area contributed by atoms with Crippen LogP contribution in [-0.4, -0.2) is 36.8 Å². The quantitative estimate of drug-likeness (QED) is 0.760. The first-order valence-electron chi connectivity index (χ1n) is 10.1. The highest BCUT2D eigenvalue weighted by Crippen LogP contribution is 2.36. The van der Waals surface area contributed by atoms with Crippen LogP contribution in [0.3, 0.4) is 0 Å². The molecule has 0 aliphatic carbocycles. The lowest BCUT2D eigenvalue weighted by Gasteiger charge is -2.21. The Labute approximate surface area is 177 Å². The van der Waals surface area contributed by atoms with Crippen molar-refractivity contribution < 1.29 is 14.3 Å². The maximum atomic E-state index is 12.2. The molecule has 1 fully saturated rings. The third kappa shape index (κ3) is 5.08. The summed E-state index contributed by atoms with van der Waals surface area (Å²) in [6, 6.07) is 11.3. The molecular formula is C23H28N4O3. The number of benzene rings is 1. The highest BCUT2D eigenvalue weighted by molar-refractivity contribution is 5.81. The van der Waals surface area contributed by atoms with E-state index in [4.69, 9.17) is 15.2 Å². The second-order valence-electron chi connectivity index (χ2n) is 8.40. The van der Waals surface area contributed by atoms with Crippen molar-refractivity contribution in [2.75, 3.05) is 25.5 Å². The fraction of sp³-hybridized carbons (Fsp3) is 0.435. The number of hydrogen-bond donors (Lipinski definition) is 2. The molecule has 1 aromatic heterocycles. The first-order valence-corrected chi connectivity index (χ1v) is 10.1. The maximum Gasteiger partial charge on any atom is 0.258 e.